The molecule has 3 heteroatoms. The molecule has 3 nitrogen and oxygen atoms in total. The second-order valence-electron chi connectivity index (χ2n) is 8.53. The zero-order valence-corrected chi connectivity index (χ0v) is 13.1. The second kappa shape index (κ2) is 4.46. The number of cyclic esters (lactones) is 1. The van der Waals surface area contributed by atoms with Gasteiger partial charge in [-0.25, -0.2) is 0 Å². The third-order valence-electron chi connectivity index (χ3n) is 6.35. The van der Waals surface area contributed by atoms with E-state index in [9.17, 15) is 9.90 Å². The predicted octanol–water partition coefficient (Wildman–Crippen LogP) is 3.30. The highest BCUT2D eigenvalue weighted by Gasteiger charge is 2.56. The van der Waals surface area contributed by atoms with Gasteiger partial charge in [0.25, 0.3) is 0 Å². The Bertz CT molecular complexity index is 416. The summed E-state index contributed by atoms with van der Waals surface area (Å²) < 4.78 is 5.20. The van der Waals surface area contributed by atoms with Crippen LogP contribution in [0.1, 0.15) is 65.7 Å². The van der Waals surface area contributed by atoms with Gasteiger partial charge in [0.05, 0.1) is 18.1 Å². The van der Waals surface area contributed by atoms with Crippen molar-refractivity contribution in [2.75, 3.05) is 6.61 Å². The minimum atomic E-state index is -0.611. The summed E-state index contributed by atoms with van der Waals surface area (Å²) in [6.07, 6.45) is 6.96. The number of aliphatic hydroxyl groups is 1. The van der Waals surface area contributed by atoms with E-state index < -0.39 is 5.60 Å². The van der Waals surface area contributed by atoms with Crippen LogP contribution in [0.15, 0.2) is 0 Å². The molecule has 1 heterocycles. The normalized spacial score (nSPS) is 47.7. The quantitative estimate of drug-likeness (QED) is 0.750. The van der Waals surface area contributed by atoms with E-state index in [4.69, 9.17) is 4.74 Å². The average molecular weight is 280 g/mol. The number of esters is 1. The van der Waals surface area contributed by atoms with Gasteiger partial charge in [0.1, 0.15) is 0 Å². The molecule has 0 spiro atoms. The molecule has 114 valence electrons. The van der Waals surface area contributed by atoms with Crippen molar-refractivity contribution >= 4 is 5.97 Å². The third kappa shape index (κ3) is 2.18. The molecule has 4 atom stereocenters. The first-order valence-corrected chi connectivity index (χ1v) is 8.14. The van der Waals surface area contributed by atoms with Gasteiger partial charge in [-0.15, -0.1) is 0 Å². The van der Waals surface area contributed by atoms with Crippen molar-refractivity contribution in [2.24, 2.45) is 22.7 Å². The molecule has 3 aliphatic rings. The summed E-state index contributed by atoms with van der Waals surface area (Å²) in [5.74, 6) is 0.254. The number of carbonyl (C=O) groups is 1. The minimum absolute atomic E-state index is 0.00857. The maximum absolute atomic E-state index is 11.7. The number of hydrogen-bond acceptors (Lipinski definition) is 3. The van der Waals surface area contributed by atoms with E-state index in [0.717, 1.165) is 32.1 Å². The molecule has 1 N–H and O–H groups in total. The van der Waals surface area contributed by atoms with Crippen molar-refractivity contribution in [3.05, 3.63) is 0 Å². The summed E-state index contributed by atoms with van der Waals surface area (Å²) in [6, 6.07) is 0. The Morgan fingerprint density at radius 1 is 1.20 bits per heavy atom. The number of ether oxygens (including phenoxy) is 1. The summed E-state index contributed by atoms with van der Waals surface area (Å²) in [7, 11) is 0. The van der Waals surface area contributed by atoms with E-state index in [1.165, 1.54) is 12.8 Å². The molecular formula is C17H28O3. The average Bonchev–Trinajstić information content (AvgIpc) is 2.68. The molecule has 1 unspecified atom stereocenters. The van der Waals surface area contributed by atoms with Gasteiger partial charge in [-0.2, -0.15) is 0 Å². The molecule has 0 aromatic rings. The number of carbonyl (C=O) groups excluding carboxylic acids is 1. The molecule has 3 fully saturated rings. The fourth-order valence-corrected chi connectivity index (χ4v) is 5.23. The SMILES string of the molecule is CC1(C)CCCC(C)([C@@]2(O)CC[C@H]3C(=O)OC[C@H]3C2)C1. The highest BCUT2D eigenvalue weighted by molar-refractivity contribution is 5.74. The molecule has 0 bridgehead atoms. The molecule has 2 aliphatic carbocycles. The molecule has 2 saturated carbocycles. The lowest BCUT2D eigenvalue weighted by Crippen LogP contribution is -2.54. The lowest BCUT2D eigenvalue weighted by Gasteiger charge is -2.54. The Hall–Kier alpha value is -0.570. The zero-order chi connectivity index (χ0) is 14.6. The predicted molar refractivity (Wildman–Crippen MR) is 77.1 cm³/mol. The monoisotopic (exact) mass is 280 g/mol. The minimum Gasteiger partial charge on any atom is -0.465 e. The Morgan fingerprint density at radius 3 is 2.65 bits per heavy atom. The van der Waals surface area contributed by atoms with E-state index in [2.05, 4.69) is 20.8 Å². The van der Waals surface area contributed by atoms with Gasteiger partial charge >= 0.3 is 5.97 Å². The lowest BCUT2D eigenvalue weighted by molar-refractivity contribution is -0.154. The van der Waals surface area contributed by atoms with Crippen LogP contribution in [-0.2, 0) is 9.53 Å². The third-order valence-corrected chi connectivity index (χ3v) is 6.35. The summed E-state index contributed by atoms with van der Waals surface area (Å²) in [4.78, 5) is 11.7. The largest absolute Gasteiger partial charge is 0.465 e. The van der Waals surface area contributed by atoms with E-state index >= 15 is 0 Å². The first-order chi connectivity index (χ1) is 9.25. The molecule has 1 saturated heterocycles. The maximum atomic E-state index is 11.7. The first kappa shape index (κ1) is 14.4. The molecule has 0 amide bonds. The summed E-state index contributed by atoms with van der Waals surface area (Å²) in [5.41, 5.74) is -0.299. The maximum Gasteiger partial charge on any atom is 0.309 e. The van der Waals surface area contributed by atoms with Crippen molar-refractivity contribution in [2.45, 2.75) is 71.3 Å². The van der Waals surface area contributed by atoms with E-state index in [1.54, 1.807) is 0 Å². The summed E-state index contributed by atoms with van der Waals surface area (Å²) in [5, 5.41) is 11.4. The van der Waals surface area contributed by atoms with Gasteiger partial charge in [0, 0.05) is 5.92 Å². The molecule has 20 heavy (non-hydrogen) atoms. The van der Waals surface area contributed by atoms with Crippen LogP contribution >= 0.6 is 0 Å². The van der Waals surface area contributed by atoms with Crippen LogP contribution in [0.3, 0.4) is 0 Å². The van der Waals surface area contributed by atoms with Crippen LogP contribution in [0.5, 0.6) is 0 Å². The standard InChI is InChI=1S/C17H28O3/c1-15(2)6-4-7-16(3,11-15)17(19)8-5-13-12(9-17)10-20-14(13)18/h12-13,19H,4-11H2,1-3H3/t12-,13-,16?,17-/m1/s1. The van der Waals surface area contributed by atoms with Crippen LogP contribution in [0.25, 0.3) is 0 Å². The van der Waals surface area contributed by atoms with E-state index in [1.807, 2.05) is 0 Å². The summed E-state index contributed by atoms with van der Waals surface area (Å²) >= 11 is 0. The van der Waals surface area contributed by atoms with E-state index in [0.29, 0.717) is 12.0 Å². The Labute approximate surface area is 122 Å². The first-order valence-electron chi connectivity index (χ1n) is 8.14. The Morgan fingerprint density at radius 2 is 1.95 bits per heavy atom. The van der Waals surface area contributed by atoms with Crippen LogP contribution in [0.4, 0.5) is 0 Å². The van der Waals surface area contributed by atoms with Crippen LogP contribution in [-0.4, -0.2) is 23.3 Å². The van der Waals surface area contributed by atoms with Crippen LogP contribution in [0.2, 0.25) is 0 Å². The van der Waals surface area contributed by atoms with Gasteiger partial charge in [-0.3, -0.25) is 4.79 Å². The molecule has 0 aromatic heterocycles. The van der Waals surface area contributed by atoms with Crippen molar-refractivity contribution in [3.8, 4) is 0 Å². The Kier molecular flexibility index (Phi) is 3.20. The summed E-state index contributed by atoms with van der Waals surface area (Å²) in [6.45, 7) is 7.43. The number of rotatable bonds is 1. The van der Waals surface area contributed by atoms with Crippen LogP contribution in [0, 0.1) is 22.7 Å². The molecule has 3 rings (SSSR count). The molecule has 1 aliphatic heterocycles. The van der Waals surface area contributed by atoms with Crippen molar-refractivity contribution in [1.29, 1.82) is 0 Å². The molecule has 0 aromatic carbocycles. The smallest absolute Gasteiger partial charge is 0.309 e. The van der Waals surface area contributed by atoms with Gasteiger partial charge in [-0.05, 0) is 49.4 Å². The van der Waals surface area contributed by atoms with Crippen molar-refractivity contribution in [1.82, 2.24) is 0 Å². The van der Waals surface area contributed by atoms with Gasteiger partial charge in [0.2, 0.25) is 0 Å². The van der Waals surface area contributed by atoms with Gasteiger partial charge < -0.3 is 9.84 Å². The Balaban J connectivity index is 1.80. The topological polar surface area (TPSA) is 46.5 Å². The lowest BCUT2D eigenvalue weighted by atomic mass is 9.53. The highest BCUT2D eigenvalue weighted by atomic mass is 16.5. The number of fused-ring (bicyclic) bond motifs is 1. The van der Waals surface area contributed by atoms with Crippen molar-refractivity contribution in [3.63, 3.8) is 0 Å². The van der Waals surface area contributed by atoms with Crippen molar-refractivity contribution < 1.29 is 14.6 Å². The van der Waals surface area contributed by atoms with Crippen LogP contribution < -0.4 is 0 Å². The van der Waals surface area contributed by atoms with Gasteiger partial charge in [-0.1, -0.05) is 27.2 Å². The molecule has 0 radical (unpaired) electrons. The second-order valence-corrected chi connectivity index (χ2v) is 8.53. The van der Waals surface area contributed by atoms with Gasteiger partial charge in [0.15, 0.2) is 0 Å². The molecular weight excluding hydrogens is 252 g/mol. The number of hydrogen-bond donors (Lipinski definition) is 1. The van der Waals surface area contributed by atoms with E-state index in [-0.39, 0.29) is 23.2 Å². The highest BCUT2D eigenvalue weighted by Crippen LogP contribution is 2.57. The fourth-order valence-electron chi connectivity index (χ4n) is 5.23. The zero-order valence-electron chi connectivity index (χ0n) is 13.1. The fraction of sp³-hybridized carbons (Fsp3) is 0.941.